The maximum absolute atomic E-state index is 12.4. The molecule has 0 saturated carbocycles. The first-order chi connectivity index (χ1) is 9.05. The minimum absolute atomic E-state index is 0.0398. The smallest absolute Gasteiger partial charge is 0.406 e. The summed E-state index contributed by atoms with van der Waals surface area (Å²) in [5.41, 5.74) is 0.0398. The molecule has 9 heteroatoms. The third-order valence-electron chi connectivity index (χ3n) is 2.59. The molecule has 0 aliphatic heterocycles. The van der Waals surface area contributed by atoms with Crippen molar-refractivity contribution < 1.29 is 31.5 Å². The molecule has 0 aliphatic rings. The molecule has 112 valence electrons. The number of carboxylic acids is 1. The van der Waals surface area contributed by atoms with Crippen molar-refractivity contribution in [3.05, 3.63) is 35.9 Å². The van der Waals surface area contributed by atoms with Crippen molar-refractivity contribution in [3.63, 3.8) is 0 Å². The Morgan fingerprint density at radius 2 is 1.75 bits per heavy atom. The highest BCUT2D eigenvalue weighted by Crippen LogP contribution is 2.26. The normalized spacial score (nSPS) is 15.6. The number of carboxylic acid groups (broad SMARTS) is 1. The lowest BCUT2D eigenvalue weighted by atomic mass is 10.1. The molecule has 1 rings (SSSR count). The number of alkyl halides is 3. The van der Waals surface area contributed by atoms with Crippen LogP contribution in [0.3, 0.4) is 0 Å². The van der Waals surface area contributed by atoms with Crippen molar-refractivity contribution in [1.82, 2.24) is 4.72 Å². The van der Waals surface area contributed by atoms with E-state index in [-0.39, 0.29) is 5.56 Å². The summed E-state index contributed by atoms with van der Waals surface area (Å²) in [6, 6.07) is 5.31. The monoisotopic (exact) mass is 311 g/mol. The predicted molar refractivity (Wildman–Crippen MR) is 64.4 cm³/mol. The van der Waals surface area contributed by atoms with Crippen LogP contribution in [-0.4, -0.2) is 30.9 Å². The van der Waals surface area contributed by atoms with Crippen molar-refractivity contribution in [3.8, 4) is 0 Å². The van der Waals surface area contributed by atoms with Crippen molar-refractivity contribution >= 4 is 16.0 Å². The van der Waals surface area contributed by atoms with Crippen LogP contribution >= 0.6 is 0 Å². The van der Waals surface area contributed by atoms with Gasteiger partial charge in [0.15, 0.2) is 5.25 Å². The second-order valence-corrected chi connectivity index (χ2v) is 6.06. The Morgan fingerprint density at radius 1 is 1.25 bits per heavy atom. The number of nitrogens with one attached hydrogen (secondary N) is 1. The van der Waals surface area contributed by atoms with E-state index in [1.165, 1.54) is 24.3 Å². The van der Waals surface area contributed by atoms with Gasteiger partial charge in [0.25, 0.3) is 0 Å². The Bertz CT molecular complexity index is 571. The summed E-state index contributed by atoms with van der Waals surface area (Å²) in [4.78, 5) is 11.0. The second kappa shape index (κ2) is 5.80. The first-order valence-corrected chi connectivity index (χ1v) is 6.96. The lowest BCUT2D eigenvalue weighted by molar-refractivity contribution is -0.139. The lowest BCUT2D eigenvalue weighted by Gasteiger charge is -2.20. The third-order valence-corrected chi connectivity index (χ3v) is 4.35. The molecule has 2 N–H and O–H groups in total. The molecular weight excluding hydrogens is 299 g/mol. The first-order valence-electron chi connectivity index (χ1n) is 5.41. The van der Waals surface area contributed by atoms with Gasteiger partial charge in [-0.1, -0.05) is 30.3 Å². The van der Waals surface area contributed by atoms with E-state index in [9.17, 15) is 26.4 Å². The van der Waals surface area contributed by atoms with Crippen molar-refractivity contribution in [1.29, 1.82) is 0 Å². The average Bonchev–Trinajstić information content (AvgIpc) is 2.34. The van der Waals surface area contributed by atoms with Crippen LogP contribution < -0.4 is 4.72 Å². The third kappa shape index (κ3) is 3.94. The number of rotatable bonds is 5. The van der Waals surface area contributed by atoms with E-state index in [0.717, 1.165) is 0 Å². The van der Waals surface area contributed by atoms with Crippen molar-refractivity contribution in [2.24, 2.45) is 0 Å². The summed E-state index contributed by atoms with van der Waals surface area (Å²) in [5.74, 6) is -1.59. The van der Waals surface area contributed by atoms with E-state index >= 15 is 0 Å². The number of halogens is 3. The van der Waals surface area contributed by atoms with Crippen LogP contribution in [0, 0.1) is 0 Å². The topological polar surface area (TPSA) is 83.5 Å². The molecule has 0 aromatic heterocycles. The summed E-state index contributed by atoms with van der Waals surface area (Å²) >= 11 is 0. The number of carbonyl (C=O) groups is 1. The van der Waals surface area contributed by atoms with E-state index < -0.39 is 33.5 Å². The summed E-state index contributed by atoms with van der Waals surface area (Å²) in [6.45, 7) is 0.451. The van der Waals surface area contributed by atoms with Crippen LogP contribution in [0.4, 0.5) is 13.2 Å². The van der Waals surface area contributed by atoms with Gasteiger partial charge in [0, 0.05) is 0 Å². The number of aliphatic carboxylic acids is 1. The highest BCUT2D eigenvalue weighted by atomic mass is 32.2. The van der Waals surface area contributed by atoms with Gasteiger partial charge in [-0.05, 0) is 12.5 Å². The largest absolute Gasteiger partial charge is 0.480 e. The SMILES string of the molecule is CC(C(F)(F)F)S(=O)(=O)N[C@@H](C(=O)O)c1ccccc1. The van der Waals surface area contributed by atoms with E-state index in [2.05, 4.69) is 0 Å². The van der Waals surface area contributed by atoms with Gasteiger partial charge < -0.3 is 5.11 Å². The van der Waals surface area contributed by atoms with Gasteiger partial charge in [0.05, 0.1) is 0 Å². The van der Waals surface area contributed by atoms with E-state index in [1.54, 1.807) is 10.8 Å². The van der Waals surface area contributed by atoms with Gasteiger partial charge in [-0.2, -0.15) is 17.9 Å². The minimum atomic E-state index is -4.98. The van der Waals surface area contributed by atoms with Gasteiger partial charge in [-0.15, -0.1) is 0 Å². The average molecular weight is 311 g/mol. The maximum Gasteiger partial charge on any atom is 0.406 e. The zero-order valence-corrected chi connectivity index (χ0v) is 11.1. The van der Waals surface area contributed by atoms with E-state index in [1.807, 2.05) is 0 Å². The quantitative estimate of drug-likeness (QED) is 0.866. The van der Waals surface area contributed by atoms with Gasteiger partial charge in [0.2, 0.25) is 10.0 Å². The van der Waals surface area contributed by atoms with Crippen LogP contribution in [0.2, 0.25) is 0 Å². The molecule has 0 fully saturated rings. The second-order valence-electron chi connectivity index (χ2n) is 4.03. The molecule has 0 amide bonds. The maximum atomic E-state index is 12.4. The molecule has 0 aliphatic carbocycles. The predicted octanol–water partition coefficient (Wildman–Crippen LogP) is 1.68. The van der Waals surface area contributed by atoms with Crippen molar-refractivity contribution in [2.75, 3.05) is 0 Å². The Balaban J connectivity index is 3.07. The van der Waals surface area contributed by atoms with Gasteiger partial charge in [0.1, 0.15) is 6.04 Å². The van der Waals surface area contributed by atoms with Gasteiger partial charge >= 0.3 is 12.1 Å². The molecule has 0 saturated heterocycles. The van der Waals surface area contributed by atoms with Crippen molar-refractivity contribution in [2.45, 2.75) is 24.4 Å². The molecular formula is C11H12F3NO4S. The summed E-state index contributed by atoms with van der Waals surface area (Å²) in [5, 5.41) is 6.26. The fourth-order valence-corrected chi connectivity index (χ4v) is 2.47. The number of benzene rings is 1. The molecule has 1 unspecified atom stereocenters. The highest BCUT2D eigenvalue weighted by Gasteiger charge is 2.46. The molecule has 5 nitrogen and oxygen atoms in total. The zero-order chi connectivity index (χ0) is 15.6. The van der Waals surface area contributed by atoms with Crippen LogP contribution in [0.5, 0.6) is 0 Å². The Labute approximate surface area is 113 Å². The van der Waals surface area contributed by atoms with E-state index in [4.69, 9.17) is 5.11 Å². The minimum Gasteiger partial charge on any atom is -0.480 e. The first kappa shape index (κ1) is 16.4. The van der Waals surface area contributed by atoms with Crippen LogP contribution in [0.15, 0.2) is 30.3 Å². The molecule has 0 spiro atoms. The molecule has 20 heavy (non-hydrogen) atoms. The Kier molecular flexibility index (Phi) is 4.77. The van der Waals surface area contributed by atoms with Crippen LogP contribution in [0.25, 0.3) is 0 Å². The van der Waals surface area contributed by atoms with Gasteiger partial charge in [-0.25, -0.2) is 8.42 Å². The zero-order valence-electron chi connectivity index (χ0n) is 10.3. The molecule has 0 bridgehead atoms. The number of sulfonamides is 1. The lowest BCUT2D eigenvalue weighted by Crippen LogP contribution is -2.44. The van der Waals surface area contributed by atoms with Gasteiger partial charge in [-0.3, -0.25) is 4.79 Å². The van der Waals surface area contributed by atoms with E-state index in [0.29, 0.717) is 6.92 Å². The standard InChI is InChI=1S/C11H12F3NO4S/c1-7(11(12,13)14)20(18,19)15-9(10(16)17)8-5-3-2-4-6-8/h2-7,9,15H,1H3,(H,16,17)/t7?,9-/m1/s1. The number of hydrogen-bond acceptors (Lipinski definition) is 3. The summed E-state index contributed by atoms with van der Waals surface area (Å²) in [7, 11) is -4.87. The molecule has 1 aromatic carbocycles. The summed E-state index contributed by atoms with van der Waals surface area (Å²) in [6.07, 6.45) is -4.98. The Morgan fingerprint density at radius 3 is 2.15 bits per heavy atom. The number of hydrogen-bond donors (Lipinski definition) is 2. The fraction of sp³-hybridized carbons (Fsp3) is 0.364. The fourth-order valence-electron chi connectivity index (χ4n) is 1.35. The highest BCUT2D eigenvalue weighted by molar-refractivity contribution is 7.90. The van der Waals surface area contributed by atoms with Crippen LogP contribution in [-0.2, 0) is 14.8 Å². The molecule has 2 atom stereocenters. The molecule has 1 aromatic rings. The Hall–Kier alpha value is -1.61. The molecule has 0 radical (unpaired) electrons. The summed E-state index contributed by atoms with van der Waals surface area (Å²) < 4.78 is 62.0. The molecule has 0 heterocycles. The van der Waals surface area contributed by atoms with Crippen LogP contribution in [0.1, 0.15) is 18.5 Å².